The fraction of sp³-hybridized carbons (Fsp3) is 0.520. The number of aromatic amines is 1. The number of amides is 3. The van der Waals surface area contributed by atoms with E-state index in [2.05, 4.69) is 9.97 Å². The van der Waals surface area contributed by atoms with Crippen molar-refractivity contribution in [2.75, 3.05) is 18.0 Å². The molecule has 13 heteroatoms. The molecule has 1 aromatic heterocycles. The first kappa shape index (κ1) is 27.3. The fourth-order valence-electron chi connectivity index (χ4n) is 5.04. The van der Waals surface area contributed by atoms with Crippen molar-refractivity contribution < 1.29 is 37.4 Å². The lowest BCUT2D eigenvalue weighted by atomic mass is 9.96. The molecule has 0 aliphatic carbocycles. The van der Waals surface area contributed by atoms with Crippen molar-refractivity contribution in [1.29, 1.82) is 0 Å². The molecular weight excluding hydrogens is 507 g/mol. The van der Waals surface area contributed by atoms with E-state index in [1.165, 1.54) is 36.2 Å². The Morgan fingerprint density at radius 1 is 1.32 bits per heavy atom. The summed E-state index contributed by atoms with van der Waals surface area (Å²) in [6, 6.07) is 0.690. The molecule has 0 unspecified atom stereocenters. The van der Waals surface area contributed by atoms with E-state index < -0.39 is 52.9 Å². The number of fused-ring (bicyclic) bond motifs is 1. The number of hydrogen-bond donors (Lipinski definition) is 2. The number of piperidine rings is 1. The highest BCUT2D eigenvalue weighted by Crippen LogP contribution is 2.45. The van der Waals surface area contributed by atoms with Crippen LogP contribution in [0.2, 0.25) is 0 Å². The number of nitrogens with one attached hydrogen (secondary N) is 1. The van der Waals surface area contributed by atoms with Crippen LogP contribution in [0.5, 0.6) is 5.75 Å². The number of benzene rings is 1. The average Bonchev–Trinajstić information content (AvgIpc) is 3.34. The second-order valence-corrected chi connectivity index (χ2v) is 10.3. The average molecular weight is 538 g/mol. The maximum Gasteiger partial charge on any atom is 0.417 e. The summed E-state index contributed by atoms with van der Waals surface area (Å²) in [6.45, 7) is 6.52. The van der Waals surface area contributed by atoms with Gasteiger partial charge in [-0.15, -0.1) is 0 Å². The minimum absolute atomic E-state index is 0.00667. The monoisotopic (exact) mass is 537 g/mol. The number of nitrogens with zero attached hydrogens (tertiary/aromatic N) is 4. The summed E-state index contributed by atoms with van der Waals surface area (Å²) in [7, 11) is 0. The summed E-state index contributed by atoms with van der Waals surface area (Å²) < 4.78 is 48.7. The molecule has 2 aliphatic rings. The predicted molar refractivity (Wildman–Crippen MR) is 130 cm³/mol. The van der Waals surface area contributed by atoms with Gasteiger partial charge in [0.25, 0.3) is 11.8 Å². The number of aromatic nitrogens is 2. The highest BCUT2D eigenvalue weighted by atomic mass is 19.4. The van der Waals surface area contributed by atoms with Gasteiger partial charge in [0.15, 0.2) is 5.60 Å². The van der Waals surface area contributed by atoms with Crippen LogP contribution in [0, 0.1) is 0 Å². The number of carbonyl (C=O) groups is 3. The van der Waals surface area contributed by atoms with Crippen molar-refractivity contribution >= 4 is 23.6 Å². The van der Waals surface area contributed by atoms with Crippen LogP contribution in [-0.2, 0) is 17.5 Å². The molecular formula is C25H30F3N5O5. The molecule has 0 radical (unpaired) electrons. The second-order valence-electron chi connectivity index (χ2n) is 10.3. The van der Waals surface area contributed by atoms with Gasteiger partial charge in [0, 0.05) is 25.3 Å². The van der Waals surface area contributed by atoms with Crippen LogP contribution in [0.25, 0.3) is 0 Å². The Morgan fingerprint density at radius 2 is 2.03 bits per heavy atom. The number of hydrogen-bond acceptors (Lipinski definition) is 5. The van der Waals surface area contributed by atoms with Crippen molar-refractivity contribution in [2.24, 2.45) is 0 Å². The van der Waals surface area contributed by atoms with Crippen LogP contribution in [0.3, 0.4) is 0 Å². The number of carbonyl (C=O) groups excluding carboxylic acids is 2. The highest BCUT2D eigenvalue weighted by molar-refractivity contribution is 6.05. The quantitative estimate of drug-likeness (QED) is 0.592. The molecule has 2 N–H and O–H groups in total. The molecule has 2 aliphatic heterocycles. The highest BCUT2D eigenvalue weighted by Gasteiger charge is 2.45. The number of rotatable bonds is 5. The minimum atomic E-state index is -4.90. The maximum atomic E-state index is 14.3. The fourth-order valence-corrected chi connectivity index (χ4v) is 5.04. The minimum Gasteiger partial charge on any atom is -0.476 e. The molecule has 4 rings (SSSR count). The lowest BCUT2D eigenvalue weighted by molar-refractivity contribution is -0.138. The predicted octanol–water partition coefficient (Wildman–Crippen LogP) is 4.13. The summed E-state index contributed by atoms with van der Waals surface area (Å²) >= 11 is 0. The molecule has 1 fully saturated rings. The maximum absolute atomic E-state index is 14.3. The van der Waals surface area contributed by atoms with Gasteiger partial charge in [-0.3, -0.25) is 14.5 Å². The smallest absolute Gasteiger partial charge is 0.417 e. The molecule has 2 aromatic rings. The first-order valence-corrected chi connectivity index (χ1v) is 12.2. The van der Waals surface area contributed by atoms with E-state index in [9.17, 15) is 32.7 Å². The molecule has 10 nitrogen and oxygen atoms in total. The third-order valence-electron chi connectivity index (χ3n) is 6.79. The van der Waals surface area contributed by atoms with E-state index in [0.717, 1.165) is 17.0 Å². The largest absolute Gasteiger partial charge is 0.476 e. The topological polar surface area (TPSA) is 119 Å². The number of halogens is 3. The third-order valence-corrected chi connectivity index (χ3v) is 6.79. The van der Waals surface area contributed by atoms with Gasteiger partial charge in [0.1, 0.15) is 5.75 Å². The lowest BCUT2D eigenvalue weighted by Crippen LogP contribution is -2.54. The summed E-state index contributed by atoms with van der Waals surface area (Å²) in [5.41, 5.74) is -2.71. The zero-order valence-corrected chi connectivity index (χ0v) is 21.5. The second kappa shape index (κ2) is 9.84. The Balaban J connectivity index is 1.83. The third kappa shape index (κ3) is 5.14. The Morgan fingerprint density at radius 3 is 2.61 bits per heavy atom. The zero-order chi connectivity index (χ0) is 28.0. The van der Waals surface area contributed by atoms with Crippen LogP contribution in [0.4, 0.5) is 23.7 Å². The van der Waals surface area contributed by atoms with Gasteiger partial charge in [-0.25, -0.2) is 9.78 Å². The van der Waals surface area contributed by atoms with E-state index in [0.29, 0.717) is 18.5 Å². The van der Waals surface area contributed by atoms with Crippen LogP contribution in [0.1, 0.15) is 62.2 Å². The van der Waals surface area contributed by atoms with E-state index in [4.69, 9.17) is 4.74 Å². The zero-order valence-electron chi connectivity index (χ0n) is 21.5. The van der Waals surface area contributed by atoms with Gasteiger partial charge in [-0.2, -0.15) is 13.2 Å². The van der Waals surface area contributed by atoms with Gasteiger partial charge in [0.05, 0.1) is 41.4 Å². The van der Waals surface area contributed by atoms with Crippen LogP contribution in [0.15, 0.2) is 24.7 Å². The Hall–Kier alpha value is -3.77. The number of likely N-dealkylation sites (tertiary alicyclic amines) is 1. The first-order valence-electron chi connectivity index (χ1n) is 12.2. The van der Waals surface area contributed by atoms with Crippen molar-refractivity contribution in [2.45, 2.75) is 70.9 Å². The molecule has 38 heavy (non-hydrogen) atoms. The summed E-state index contributed by atoms with van der Waals surface area (Å²) in [5, 5.41) is 9.43. The van der Waals surface area contributed by atoms with E-state index in [1.807, 2.05) is 0 Å². The number of carboxylic acid groups (broad SMARTS) is 1. The van der Waals surface area contributed by atoms with E-state index in [1.54, 1.807) is 13.8 Å². The summed E-state index contributed by atoms with van der Waals surface area (Å²) in [4.78, 5) is 49.2. The Labute approximate surface area is 217 Å². The lowest BCUT2D eigenvalue weighted by Gasteiger charge is -2.42. The number of alkyl halides is 3. The molecule has 1 aromatic carbocycles. The normalized spacial score (nSPS) is 19.3. The summed E-state index contributed by atoms with van der Waals surface area (Å²) in [5.74, 6) is -1.57. The molecule has 0 bridgehead atoms. The number of ether oxygens (including phenoxy) is 1. The Bertz CT molecular complexity index is 1230. The van der Waals surface area contributed by atoms with E-state index in [-0.39, 0.29) is 31.1 Å². The Kier molecular flexibility index (Phi) is 7.06. The van der Waals surface area contributed by atoms with Crippen molar-refractivity contribution in [3.05, 3.63) is 41.5 Å². The molecule has 3 amide bonds. The molecule has 206 valence electrons. The van der Waals surface area contributed by atoms with Crippen molar-refractivity contribution in [1.82, 2.24) is 19.8 Å². The van der Waals surface area contributed by atoms with Crippen molar-refractivity contribution in [3.63, 3.8) is 0 Å². The van der Waals surface area contributed by atoms with Gasteiger partial charge >= 0.3 is 12.3 Å². The number of anilines is 1. The van der Waals surface area contributed by atoms with E-state index >= 15 is 0 Å². The van der Waals surface area contributed by atoms with Crippen molar-refractivity contribution in [3.8, 4) is 5.75 Å². The molecule has 3 heterocycles. The van der Waals surface area contributed by atoms with Gasteiger partial charge in [0.2, 0.25) is 0 Å². The molecule has 1 atom stereocenters. The number of imidazole rings is 1. The number of H-pyrrole nitrogens is 1. The molecule has 1 saturated heterocycles. The molecule has 0 spiro atoms. The van der Waals surface area contributed by atoms with Crippen LogP contribution >= 0.6 is 0 Å². The summed E-state index contributed by atoms with van der Waals surface area (Å²) in [6.07, 6.45) is -2.22. The SMILES string of the molecule is CC(C)N(C(=O)c1cc2c(cc1C(F)(F)F)OC(C)(C)C(=O)N2Cc1cnc[nH]1)[C@@H]1CCCN(C(=O)O)C1. The van der Waals surface area contributed by atoms with Crippen LogP contribution < -0.4 is 9.64 Å². The van der Waals surface area contributed by atoms with Gasteiger partial charge in [-0.1, -0.05) is 0 Å². The standard InChI is InChI=1S/C25H30F3N5O5/c1-14(2)33(16-6-5-7-31(12-16)23(36)37)21(34)17-8-19-20(9-18(17)25(26,27)28)38-24(3,4)22(35)32(19)11-15-10-29-13-30-15/h8-10,13-14,16H,5-7,11-12H2,1-4H3,(H,29,30)(H,36,37)/t16-/m1/s1. The van der Waals surface area contributed by atoms with Gasteiger partial charge < -0.3 is 24.6 Å². The molecule has 0 saturated carbocycles. The van der Waals surface area contributed by atoms with Crippen LogP contribution in [-0.4, -0.2) is 73.6 Å². The van der Waals surface area contributed by atoms with Gasteiger partial charge in [-0.05, 0) is 52.7 Å². The first-order chi connectivity index (χ1) is 17.7.